The Morgan fingerprint density at radius 1 is 1.67 bits per heavy atom. The molecule has 0 heterocycles. The van der Waals surface area contributed by atoms with Gasteiger partial charge in [0.2, 0.25) is 5.91 Å². The van der Waals surface area contributed by atoms with Crippen LogP contribution in [0.15, 0.2) is 0 Å². The van der Waals surface area contributed by atoms with Gasteiger partial charge in [-0.05, 0) is 0 Å². The van der Waals surface area contributed by atoms with Gasteiger partial charge in [0.25, 0.3) is 0 Å². The average Bonchev–Trinajstić information content (AvgIpc) is 2.05. The summed E-state index contributed by atoms with van der Waals surface area (Å²) in [5.74, 6) is -1.16. The zero-order valence-corrected chi connectivity index (χ0v) is 8.10. The molecule has 0 saturated heterocycles. The molecule has 1 amide bonds. The lowest BCUT2D eigenvalue weighted by atomic mass is 10.1. The summed E-state index contributed by atoms with van der Waals surface area (Å²) in [6.07, 6.45) is 0. The van der Waals surface area contributed by atoms with Crippen molar-refractivity contribution >= 4 is 23.1 Å². The van der Waals surface area contributed by atoms with Crippen molar-refractivity contribution in [3.63, 3.8) is 0 Å². The molecule has 0 aliphatic carbocycles. The molecule has 0 aliphatic heterocycles. The van der Waals surface area contributed by atoms with E-state index in [9.17, 15) is 4.79 Å². The molecule has 0 rings (SSSR count). The number of nitrogens with zero attached hydrogens (tertiary/aromatic N) is 2. The molecule has 0 bridgehead atoms. The largest absolute Gasteiger partial charge is 0.381 e. The number of hydrogen-bond donors (Lipinski definition) is 1. The molecule has 0 spiro atoms. The summed E-state index contributed by atoms with van der Waals surface area (Å²) in [4.78, 5) is 12.9. The Bertz CT molecular complexity index is 231. The highest BCUT2D eigenvalue weighted by Gasteiger charge is 2.23. The van der Waals surface area contributed by atoms with Crippen LogP contribution in [0, 0.1) is 17.2 Å². The fraction of sp³-hybridized carbons (Fsp3) is 0.571. The van der Waals surface area contributed by atoms with E-state index < -0.39 is 5.92 Å². The molecule has 66 valence electrons. The number of thiocarbonyl (C=S) groups is 1. The van der Waals surface area contributed by atoms with Crippen LogP contribution < -0.4 is 5.32 Å². The van der Waals surface area contributed by atoms with Gasteiger partial charge < -0.3 is 10.2 Å². The molecule has 0 aromatic rings. The quantitative estimate of drug-likeness (QED) is 0.603. The minimum Gasteiger partial charge on any atom is -0.381 e. The zero-order valence-electron chi connectivity index (χ0n) is 7.29. The highest BCUT2D eigenvalue weighted by molar-refractivity contribution is 7.80. The fourth-order valence-corrected chi connectivity index (χ4v) is 0.782. The Morgan fingerprint density at radius 2 is 2.17 bits per heavy atom. The summed E-state index contributed by atoms with van der Waals surface area (Å²) >= 11 is 4.79. The molecule has 0 saturated carbocycles. The second kappa shape index (κ2) is 4.67. The normalized spacial score (nSPS) is 11.2. The standard InChI is InChI=1S/C7H11N3OS/c1-9-6(12)5(4-8)7(11)10(2)3/h5H,1-3H3,(H,9,12)/t5-/m0/s1. The monoisotopic (exact) mass is 185 g/mol. The summed E-state index contributed by atoms with van der Waals surface area (Å²) in [6, 6.07) is 1.84. The Morgan fingerprint density at radius 3 is 2.42 bits per heavy atom. The van der Waals surface area contributed by atoms with Crippen molar-refractivity contribution in [1.29, 1.82) is 5.26 Å². The predicted molar refractivity (Wildman–Crippen MR) is 49.5 cm³/mol. The van der Waals surface area contributed by atoms with Gasteiger partial charge in [-0.25, -0.2) is 0 Å². The average molecular weight is 185 g/mol. The smallest absolute Gasteiger partial charge is 0.246 e. The van der Waals surface area contributed by atoms with Crippen LogP contribution in [-0.2, 0) is 4.79 Å². The third-order valence-corrected chi connectivity index (χ3v) is 1.77. The van der Waals surface area contributed by atoms with Gasteiger partial charge in [-0.3, -0.25) is 4.79 Å². The summed E-state index contributed by atoms with van der Waals surface area (Å²) in [5, 5.41) is 11.2. The fourth-order valence-electron chi connectivity index (χ4n) is 0.629. The summed E-state index contributed by atoms with van der Waals surface area (Å²) in [6.45, 7) is 0. The highest BCUT2D eigenvalue weighted by atomic mass is 32.1. The first-order chi connectivity index (χ1) is 5.54. The third-order valence-electron chi connectivity index (χ3n) is 1.33. The molecule has 0 aromatic carbocycles. The second-order valence-corrected chi connectivity index (χ2v) is 2.85. The van der Waals surface area contributed by atoms with Gasteiger partial charge in [-0.1, -0.05) is 12.2 Å². The number of hydrogen-bond acceptors (Lipinski definition) is 3. The number of rotatable bonds is 2. The Hall–Kier alpha value is -1.15. The first kappa shape index (κ1) is 10.8. The van der Waals surface area contributed by atoms with Crippen LogP contribution in [0.1, 0.15) is 0 Å². The van der Waals surface area contributed by atoms with Crippen LogP contribution >= 0.6 is 12.2 Å². The first-order valence-corrected chi connectivity index (χ1v) is 3.77. The van der Waals surface area contributed by atoms with Crippen molar-refractivity contribution in [3.05, 3.63) is 0 Å². The Kier molecular flexibility index (Phi) is 4.22. The first-order valence-electron chi connectivity index (χ1n) is 3.37. The predicted octanol–water partition coefficient (Wildman–Crippen LogP) is -0.239. The van der Waals surface area contributed by atoms with Crippen molar-refractivity contribution in [1.82, 2.24) is 10.2 Å². The molecular formula is C7H11N3OS. The lowest BCUT2D eigenvalue weighted by Gasteiger charge is -2.14. The molecule has 0 unspecified atom stereocenters. The molecular weight excluding hydrogens is 174 g/mol. The number of amides is 1. The van der Waals surface area contributed by atoms with E-state index >= 15 is 0 Å². The van der Waals surface area contributed by atoms with Crippen molar-refractivity contribution in [2.45, 2.75) is 0 Å². The highest BCUT2D eigenvalue weighted by Crippen LogP contribution is 2.00. The van der Waals surface area contributed by atoms with Crippen molar-refractivity contribution in [2.24, 2.45) is 5.92 Å². The van der Waals surface area contributed by atoms with Crippen molar-refractivity contribution in [3.8, 4) is 6.07 Å². The van der Waals surface area contributed by atoms with Crippen molar-refractivity contribution < 1.29 is 4.79 Å². The minimum absolute atomic E-state index is 0.260. The number of carbonyl (C=O) groups is 1. The van der Waals surface area contributed by atoms with E-state index in [0.29, 0.717) is 0 Å². The molecule has 1 N–H and O–H groups in total. The lowest BCUT2D eigenvalue weighted by Crippen LogP contribution is -2.37. The van der Waals surface area contributed by atoms with E-state index in [0.717, 1.165) is 0 Å². The maximum Gasteiger partial charge on any atom is 0.246 e. The van der Waals surface area contributed by atoms with Crippen LogP contribution in [0.2, 0.25) is 0 Å². The molecule has 12 heavy (non-hydrogen) atoms. The van der Waals surface area contributed by atoms with Crippen LogP contribution in [0.3, 0.4) is 0 Å². The van der Waals surface area contributed by atoms with Crippen molar-refractivity contribution in [2.75, 3.05) is 21.1 Å². The topological polar surface area (TPSA) is 56.1 Å². The Labute approximate surface area is 77.2 Å². The van der Waals surface area contributed by atoms with Crippen LogP contribution in [0.5, 0.6) is 0 Å². The van der Waals surface area contributed by atoms with Gasteiger partial charge in [0.15, 0.2) is 5.92 Å². The second-order valence-electron chi connectivity index (χ2n) is 2.41. The maximum absolute atomic E-state index is 11.3. The van der Waals surface area contributed by atoms with E-state index in [1.807, 2.05) is 6.07 Å². The summed E-state index contributed by atoms with van der Waals surface area (Å²) in [5.41, 5.74) is 0. The van der Waals surface area contributed by atoms with Gasteiger partial charge in [0.05, 0.1) is 6.07 Å². The minimum atomic E-state index is -0.861. The number of carbonyl (C=O) groups excluding carboxylic acids is 1. The maximum atomic E-state index is 11.3. The number of nitrogens with one attached hydrogen (secondary N) is 1. The molecule has 0 radical (unpaired) electrons. The van der Waals surface area contributed by atoms with Crippen LogP contribution in [-0.4, -0.2) is 36.9 Å². The van der Waals surface area contributed by atoms with Gasteiger partial charge >= 0.3 is 0 Å². The molecule has 1 atom stereocenters. The lowest BCUT2D eigenvalue weighted by molar-refractivity contribution is -0.129. The zero-order chi connectivity index (χ0) is 9.72. The van der Waals surface area contributed by atoms with Gasteiger partial charge in [-0.2, -0.15) is 5.26 Å². The molecule has 0 aromatic heterocycles. The SMILES string of the molecule is CNC(=S)[C@H](C#N)C(=O)N(C)C. The van der Waals surface area contributed by atoms with E-state index in [4.69, 9.17) is 17.5 Å². The van der Waals surface area contributed by atoms with E-state index in [1.165, 1.54) is 4.90 Å². The molecule has 4 nitrogen and oxygen atoms in total. The molecule has 0 fully saturated rings. The molecule has 5 heteroatoms. The number of nitriles is 1. The molecule has 0 aliphatic rings. The van der Waals surface area contributed by atoms with Gasteiger partial charge in [0, 0.05) is 21.1 Å². The van der Waals surface area contributed by atoms with E-state index in [2.05, 4.69) is 5.32 Å². The van der Waals surface area contributed by atoms with E-state index in [1.54, 1.807) is 21.1 Å². The third kappa shape index (κ3) is 2.47. The van der Waals surface area contributed by atoms with Gasteiger partial charge in [-0.15, -0.1) is 0 Å². The van der Waals surface area contributed by atoms with Crippen LogP contribution in [0.4, 0.5) is 0 Å². The summed E-state index contributed by atoms with van der Waals surface area (Å²) < 4.78 is 0. The Balaban J connectivity index is 4.49. The van der Waals surface area contributed by atoms with Gasteiger partial charge in [0.1, 0.15) is 4.99 Å². The van der Waals surface area contributed by atoms with Crippen LogP contribution in [0.25, 0.3) is 0 Å². The van der Waals surface area contributed by atoms with E-state index in [-0.39, 0.29) is 10.9 Å². The summed E-state index contributed by atoms with van der Waals surface area (Å²) in [7, 11) is 4.77.